The zero-order valence-electron chi connectivity index (χ0n) is 7.58. The van der Waals surface area contributed by atoms with Gasteiger partial charge >= 0.3 is 5.97 Å². The molecular formula is C8H16O3S. The topological polar surface area (TPSA) is 46.5 Å². The lowest BCUT2D eigenvalue weighted by Crippen LogP contribution is -2.12. The van der Waals surface area contributed by atoms with Gasteiger partial charge in [-0.1, -0.05) is 0 Å². The molecule has 4 heteroatoms. The molecule has 0 bridgehead atoms. The van der Waals surface area contributed by atoms with Crippen molar-refractivity contribution >= 4 is 17.7 Å². The maximum atomic E-state index is 10.4. The van der Waals surface area contributed by atoms with Crippen molar-refractivity contribution < 1.29 is 14.6 Å². The number of methoxy groups -OCH3 is 1. The molecule has 1 atom stereocenters. The largest absolute Gasteiger partial charge is 0.480 e. The first-order valence-corrected chi connectivity index (χ1v) is 5.06. The van der Waals surface area contributed by atoms with Crippen molar-refractivity contribution in [2.75, 3.05) is 19.5 Å². The lowest BCUT2D eigenvalue weighted by molar-refractivity contribution is -0.136. The van der Waals surface area contributed by atoms with Crippen LogP contribution in [0.4, 0.5) is 0 Å². The van der Waals surface area contributed by atoms with E-state index >= 15 is 0 Å². The molecule has 0 aliphatic rings. The molecule has 0 saturated carbocycles. The Labute approximate surface area is 77.5 Å². The molecule has 1 unspecified atom stereocenters. The summed E-state index contributed by atoms with van der Waals surface area (Å²) >= 11 is 1.48. The lowest BCUT2D eigenvalue weighted by Gasteiger charge is -2.04. The van der Waals surface area contributed by atoms with Crippen molar-refractivity contribution in [3.63, 3.8) is 0 Å². The van der Waals surface area contributed by atoms with Crippen LogP contribution < -0.4 is 0 Å². The predicted molar refractivity (Wildman–Crippen MR) is 50.7 cm³/mol. The second kappa shape index (κ2) is 7.43. The van der Waals surface area contributed by atoms with Crippen molar-refractivity contribution in [2.45, 2.75) is 25.0 Å². The molecule has 12 heavy (non-hydrogen) atoms. The van der Waals surface area contributed by atoms with Crippen LogP contribution >= 0.6 is 11.8 Å². The summed E-state index contributed by atoms with van der Waals surface area (Å²) in [4.78, 5) is 10.4. The minimum atomic E-state index is -0.730. The molecule has 0 aliphatic carbocycles. The van der Waals surface area contributed by atoms with Gasteiger partial charge in [-0.25, -0.2) is 0 Å². The highest BCUT2D eigenvalue weighted by atomic mass is 32.2. The third kappa shape index (κ3) is 6.49. The van der Waals surface area contributed by atoms with Gasteiger partial charge in [0.25, 0.3) is 0 Å². The number of carboxylic acids is 1. The van der Waals surface area contributed by atoms with Gasteiger partial charge in [0.05, 0.1) is 5.25 Å². The van der Waals surface area contributed by atoms with E-state index in [0.29, 0.717) is 0 Å². The molecule has 3 nitrogen and oxygen atoms in total. The number of ether oxygens (including phenoxy) is 1. The minimum absolute atomic E-state index is 0.285. The number of hydrogen-bond acceptors (Lipinski definition) is 3. The normalized spacial score (nSPS) is 12.8. The van der Waals surface area contributed by atoms with Crippen LogP contribution in [0.15, 0.2) is 0 Å². The van der Waals surface area contributed by atoms with E-state index in [-0.39, 0.29) is 5.25 Å². The summed E-state index contributed by atoms with van der Waals surface area (Å²) in [5.74, 6) is 0.170. The molecule has 0 aliphatic heterocycles. The number of hydrogen-bond donors (Lipinski definition) is 1. The summed E-state index contributed by atoms with van der Waals surface area (Å²) in [5.41, 5.74) is 0. The zero-order chi connectivity index (χ0) is 9.40. The molecule has 0 heterocycles. The van der Waals surface area contributed by atoms with E-state index in [4.69, 9.17) is 9.84 Å². The van der Waals surface area contributed by atoms with Crippen molar-refractivity contribution in [3.05, 3.63) is 0 Å². The van der Waals surface area contributed by atoms with Crippen molar-refractivity contribution in [1.82, 2.24) is 0 Å². The van der Waals surface area contributed by atoms with E-state index in [2.05, 4.69) is 0 Å². The van der Waals surface area contributed by atoms with Gasteiger partial charge < -0.3 is 9.84 Å². The van der Waals surface area contributed by atoms with Crippen LogP contribution in [0.3, 0.4) is 0 Å². The first-order chi connectivity index (χ1) is 5.68. The Morgan fingerprint density at radius 3 is 2.75 bits per heavy atom. The molecule has 0 spiro atoms. The van der Waals surface area contributed by atoms with Crippen LogP contribution in [0, 0.1) is 0 Å². The van der Waals surface area contributed by atoms with Crippen LogP contribution in [0.2, 0.25) is 0 Å². The van der Waals surface area contributed by atoms with E-state index in [1.807, 2.05) is 0 Å². The minimum Gasteiger partial charge on any atom is -0.480 e. The number of rotatable bonds is 7. The number of thioether (sulfide) groups is 1. The molecule has 0 fully saturated rings. The summed E-state index contributed by atoms with van der Waals surface area (Å²) in [7, 11) is 1.67. The Bertz CT molecular complexity index is 127. The molecule has 0 aromatic heterocycles. The summed E-state index contributed by atoms with van der Waals surface area (Å²) in [5, 5.41) is 8.25. The third-order valence-corrected chi connectivity index (χ3v) is 2.68. The standard InChI is InChI=1S/C8H16O3S/c1-7(8(9)10)12-6-4-3-5-11-2/h7H,3-6H2,1-2H3,(H,9,10). The van der Waals surface area contributed by atoms with E-state index in [0.717, 1.165) is 25.2 Å². The van der Waals surface area contributed by atoms with Gasteiger partial charge in [0.2, 0.25) is 0 Å². The van der Waals surface area contributed by atoms with Crippen molar-refractivity contribution in [3.8, 4) is 0 Å². The molecule has 0 saturated heterocycles. The Morgan fingerprint density at radius 2 is 2.25 bits per heavy atom. The first-order valence-electron chi connectivity index (χ1n) is 4.02. The molecule has 0 aromatic rings. The van der Waals surface area contributed by atoms with Crippen LogP contribution in [0.1, 0.15) is 19.8 Å². The van der Waals surface area contributed by atoms with E-state index in [1.165, 1.54) is 11.8 Å². The molecule has 0 rings (SSSR count). The van der Waals surface area contributed by atoms with Gasteiger partial charge in [-0.3, -0.25) is 4.79 Å². The van der Waals surface area contributed by atoms with Gasteiger partial charge in [0.15, 0.2) is 0 Å². The first kappa shape index (κ1) is 11.8. The molecule has 72 valence electrons. The fourth-order valence-corrected chi connectivity index (χ4v) is 1.55. The summed E-state index contributed by atoms with van der Waals surface area (Å²) in [6.07, 6.45) is 2.03. The average Bonchev–Trinajstić information content (AvgIpc) is 2.03. The molecule has 0 amide bonds. The summed E-state index contributed by atoms with van der Waals surface area (Å²) < 4.78 is 4.87. The van der Waals surface area contributed by atoms with Crippen molar-refractivity contribution in [2.24, 2.45) is 0 Å². The third-order valence-electron chi connectivity index (χ3n) is 1.46. The summed E-state index contributed by atoms with van der Waals surface area (Å²) in [6.45, 7) is 2.48. The monoisotopic (exact) mass is 192 g/mol. The van der Waals surface area contributed by atoms with Gasteiger partial charge in [-0.05, 0) is 25.5 Å². The Hall–Kier alpha value is -0.220. The second-order valence-electron chi connectivity index (χ2n) is 2.55. The number of carbonyl (C=O) groups is 1. The SMILES string of the molecule is COCCCCSC(C)C(=O)O. The molecular weight excluding hydrogens is 176 g/mol. The fraction of sp³-hybridized carbons (Fsp3) is 0.875. The predicted octanol–water partition coefficient (Wildman–Crippen LogP) is 1.62. The zero-order valence-corrected chi connectivity index (χ0v) is 8.39. The lowest BCUT2D eigenvalue weighted by atomic mass is 10.4. The van der Waals surface area contributed by atoms with E-state index < -0.39 is 5.97 Å². The number of aliphatic carboxylic acids is 1. The summed E-state index contributed by atoms with van der Waals surface area (Å²) in [6, 6.07) is 0. The van der Waals surface area contributed by atoms with Gasteiger partial charge in [-0.15, -0.1) is 11.8 Å². The van der Waals surface area contributed by atoms with Crippen LogP contribution in [0.25, 0.3) is 0 Å². The highest BCUT2D eigenvalue weighted by Gasteiger charge is 2.09. The molecule has 0 aromatic carbocycles. The average molecular weight is 192 g/mol. The van der Waals surface area contributed by atoms with Gasteiger partial charge in [0.1, 0.15) is 0 Å². The fourth-order valence-electron chi connectivity index (χ4n) is 0.680. The molecule has 1 N–H and O–H groups in total. The van der Waals surface area contributed by atoms with Crippen LogP contribution in [-0.2, 0) is 9.53 Å². The second-order valence-corrected chi connectivity index (χ2v) is 4.00. The van der Waals surface area contributed by atoms with Crippen LogP contribution in [-0.4, -0.2) is 35.8 Å². The number of carboxylic acid groups (broad SMARTS) is 1. The Kier molecular flexibility index (Phi) is 7.29. The van der Waals surface area contributed by atoms with Crippen LogP contribution in [0.5, 0.6) is 0 Å². The highest BCUT2D eigenvalue weighted by molar-refractivity contribution is 8.00. The maximum absolute atomic E-state index is 10.4. The smallest absolute Gasteiger partial charge is 0.316 e. The quantitative estimate of drug-likeness (QED) is 0.623. The van der Waals surface area contributed by atoms with Gasteiger partial charge in [0, 0.05) is 13.7 Å². The van der Waals surface area contributed by atoms with Gasteiger partial charge in [-0.2, -0.15) is 0 Å². The Morgan fingerprint density at radius 1 is 1.58 bits per heavy atom. The maximum Gasteiger partial charge on any atom is 0.316 e. The number of unbranched alkanes of at least 4 members (excludes halogenated alkanes) is 1. The van der Waals surface area contributed by atoms with E-state index in [1.54, 1.807) is 14.0 Å². The molecule has 0 radical (unpaired) electrons. The van der Waals surface area contributed by atoms with Crippen molar-refractivity contribution in [1.29, 1.82) is 0 Å². The highest BCUT2D eigenvalue weighted by Crippen LogP contribution is 2.12. The Balaban J connectivity index is 3.14. The van der Waals surface area contributed by atoms with E-state index in [9.17, 15) is 4.79 Å².